The molecule has 0 aromatic heterocycles. The first-order valence-corrected chi connectivity index (χ1v) is 7.03. The second-order valence-corrected chi connectivity index (χ2v) is 5.90. The maximum Gasteiger partial charge on any atom is 0.122 e. The molecule has 1 heterocycles. The standard InChI is InChI=1S/C14H19BrO/c1-14(2,10-15)7-5-11-3-4-13-12(9-11)6-8-16-13/h3-4,9H,5-8,10H2,1-2H3. The molecule has 1 aromatic rings. The Morgan fingerprint density at radius 1 is 1.38 bits per heavy atom. The van der Waals surface area contributed by atoms with Gasteiger partial charge in [0.05, 0.1) is 6.61 Å². The van der Waals surface area contributed by atoms with Gasteiger partial charge in [0, 0.05) is 11.8 Å². The van der Waals surface area contributed by atoms with Gasteiger partial charge in [-0.2, -0.15) is 0 Å². The van der Waals surface area contributed by atoms with Crippen LogP contribution in [0.2, 0.25) is 0 Å². The maximum absolute atomic E-state index is 5.51. The van der Waals surface area contributed by atoms with Crippen molar-refractivity contribution in [2.45, 2.75) is 33.1 Å². The Hall–Kier alpha value is -0.500. The van der Waals surface area contributed by atoms with Crippen molar-refractivity contribution in [1.82, 2.24) is 0 Å². The molecule has 0 unspecified atom stereocenters. The largest absolute Gasteiger partial charge is 0.493 e. The summed E-state index contributed by atoms with van der Waals surface area (Å²) in [6.07, 6.45) is 3.45. The third kappa shape index (κ3) is 2.79. The summed E-state index contributed by atoms with van der Waals surface area (Å²) < 4.78 is 5.51. The summed E-state index contributed by atoms with van der Waals surface area (Å²) in [6, 6.07) is 6.64. The van der Waals surface area contributed by atoms with E-state index in [0.717, 1.165) is 30.5 Å². The van der Waals surface area contributed by atoms with Gasteiger partial charge in [0.25, 0.3) is 0 Å². The lowest BCUT2D eigenvalue weighted by Gasteiger charge is -2.21. The van der Waals surface area contributed by atoms with E-state index in [1.807, 2.05) is 0 Å². The summed E-state index contributed by atoms with van der Waals surface area (Å²) in [6.45, 7) is 5.46. The van der Waals surface area contributed by atoms with Gasteiger partial charge in [-0.25, -0.2) is 0 Å². The molecule has 0 N–H and O–H groups in total. The molecule has 88 valence electrons. The molecule has 1 aliphatic rings. The molecule has 16 heavy (non-hydrogen) atoms. The fraction of sp³-hybridized carbons (Fsp3) is 0.571. The first kappa shape index (κ1) is 12.0. The van der Waals surface area contributed by atoms with Crippen LogP contribution in [0, 0.1) is 5.41 Å². The van der Waals surface area contributed by atoms with E-state index in [9.17, 15) is 0 Å². The minimum absolute atomic E-state index is 0.384. The van der Waals surface area contributed by atoms with E-state index < -0.39 is 0 Å². The van der Waals surface area contributed by atoms with E-state index in [1.165, 1.54) is 17.5 Å². The predicted octanol–water partition coefficient (Wildman–Crippen LogP) is 3.98. The Morgan fingerprint density at radius 3 is 2.94 bits per heavy atom. The monoisotopic (exact) mass is 282 g/mol. The van der Waals surface area contributed by atoms with Gasteiger partial charge < -0.3 is 4.74 Å². The molecule has 1 aliphatic heterocycles. The first-order valence-electron chi connectivity index (χ1n) is 5.91. The van der Waals surface area contributed by atoms with Crippen molar-refractivity contribution in [3.05, 3.63) is 29.3 Å². The van der Waals surface area contributed by atoms with Crippen LogP contribution in [0.3, 0.4) is 0 Å². The molecule has 2 rings (SSSR count). The lowest BCUT2D eigenvalue weighted by molar-refractivity contribution is 0.356. The van der Waals surface area contributed by atoms with E-state index in [4.69, 9.17) is 4.74 Å². The summed E-state index contributed by atoms with van der Waals surface area (Å²) in [5.41, 5.74) is 3.21. The van der Waals surface area contributed by atoms with Crippen LogP contribution in [0.5, 0.6) is 5.75 Å². The first-order chi connectivity index (χ1) is 7.61. The number of benzene rings is 1. The maximum atomic E-state index is 5.51. The van der Waals surface area contributed by atoms with Crippen LogP contribution in [-0.4, -0.2) is 11.9 Å². The normalized spacial score (nSPS) is 14.7. The van der Waals surface area contributed by atoms with Crippen molar-refractivity contribution < 1.29 is 4.74 Å². The van der Waals surface area contributed by atoms with Gasteiger partial charge in [-0.3, -0.25) is 0 Å². The molecule has 1 nitrogen and oxygen atoms in total. The summed E-state index contributed by atoms with van der Waals surface area (Å²) >= 11 is 3.57. The highest BCUT2D eigenvalue weighted by Crippen LogP contribution is 2.29. The summed E-state index contributed by atoms with van der Waals surface area (Å²) in [7, 11) is 0. The van der Waals surface area contributed by atoms with Crippen LogP contribution < -0.4 is 4.74 Å². The molecular weight excluding hydrogens is 264 g/mol. The number of fused-ring (bicyclic) bond motifs is 1. The predicted molar refractivity (Wildman–Crippen MR) is 71.5 cm³/mol. The van der Waals surface area contributed by atoms with Crippen LogP contribution in [-0.2, 0) is 12.8 Å². The highest BCUT2D eigenvalue weighted by Gasteiger charge is 2.17. The molecule has 0 saturated heterocycles. The van der Waals surface area contributed by atoms with Gasteiger partial charge in [-0.15, -0.1) is 0 Å². The van der Waals surface area contributed by atoms with E-state index >= 15 is 0 Å². The van der Waals surface area contributed by atoms with Gasteiger partial charge >= 0.3 is 0 Å². The molecule has 0 amide bonds. The quantitative estimate of drug-likeness (QED) is 0.760. The van der Waals surface area contributed by atoms with Gasteiger partial charge in [-0.05, 0) is 35.4 Å². The molecule has 0 spiro atoms. The lowest BCUT2D eigenvalue weighted by Crippen LogP contribution is -2.13. The number of halogens is 1. The average Bonchev–Trinajstić information content (AvgIpc) is 2.73. The lowest BCUT2D eigenvalue weighted by atomic mass is 9.88. The second kappa shape index (κ2) is 4.79. The van der Waals surface area contributed by atoms with Crippen molar-refractivity contribution in [3.8, 4) is 5.75 Å². The van der Waals surface area contributed by atoms with E-state index in [-0.39, 0.29) is 0 Å². The van der Waals surface area contributed by atoms with E-state index in [2.05, 4.69) is 48.0 Å². The molecule has 0 bridgehead atoms. The van der Waals surface area contributed by atoms with Crippen LogP contribution in [0.4, 0.5) is 0 Å². The van der Waals surface area contributed by atoms with Crippen LogP contribution in [0.15, 0.2) is 18.2 Å². The van der Waals surface area contributed by atoms with Crippen molar-refractivity contribution in [1.29, 1.82) is 0 Å². The zero-order valence-corrected chi connectivity index (χ0v) is 11.6. The third-order valence-electron chi connectivity index (χ3n) is 3.21. The number of alkyl halides is 1. The van der Waals surface area contributed by atoms with Crippen molar-refractivity contribution in [2.24, 2.45) is 5.41 Å². The summed E-state index contributed by atoms with van der Waals surface area (Å²) in [5.74, 6) is 1.09. The molecule has 0 radical (unpaired) electrons. The van der Waals surface area contributed by atoms with Gasteiger partial charge in [0.1, 0.15) is 5.75 Å². The Morgan fingerprint density at radius 2 is 2.19 bits per heavy atom. The smallest absolute Gasteiger partial charge is 0.122 e. The zero-order chi connectivity index (χ0) is 11.6. The fourth-order valence-corrected chi connectivity index (χ4v) is 2.23. The summed E-state index contributed by atoms with van der Waals surface area (Å²) in [4.78, 5) is 0. The van der Waals surface area contributed by atoms with Crippen LogP contribution in [0.1, 0.15) is 31.4 Å². The fourth-order valence-electron chi connectivity index (χ4n) is 1.94. The molecule has 0 fully saturated rings. The van der Waals surface area contributed by atoms with E-state index in [1.54, 1.807) is 0 Å². The minimum Gasteiger partial charge on any atom is -0.493 e. The van der Waals surface area contributed by atoms with Crippen molar-refractivity contribution in [3.63, 3.8) is 0 Å². The molecule has 1 aromatic carbocycles. The highest BCUT2D eigenvalue weighted by molar-refractivity contribution is 9.09. The average molecular weight is 283 g/mol. The molecule has 0 atom stereocenters. The van der Waals surface area contributed by atoms with Crippen molar-refractivity contribution in [2.75, 3.05) is 11.9 Å². The highest BCUT2D eigenvalue weighted by atomic mass is 79.9. The zero-order valence-electron chi connectivity index (χ0n) is 10.1. The molecule has 2 heteroatoms. The second-order valence-electron chi connectivity index (χ2n) is 5.34. The van der Waals surface area contributed by atoms with Gasteiger partial charge in [-0.1, -0.05) is 41.9 Å². The number of rotatable bonds is 4. The molecule has 0 aliphatic carbocycles. The van der Waals surface area contributed by atoms with Gasteiger partial charge in [0.2, 0.25) is 0 Å². The number of hydrogen-bond acceptors (Lipinski definition) is 1. The Balaban J connectivity index is 2.00. The topological polar surface area (TPSA) is 9.23 Å². The number of ether oxygens (including phenoxy) is 1. The number of aryl methyl sites for hydroxylation is 1. The minimum atomic E-state index is 0.384. The number of hydrogen-bond donors (Lipinski definition) is 0. The van der Waals surface area contributed by atoms with E-state index in [0.29, 0.717) is 5.41 Å². The summed E-state index contributed by atoms with van der Waals surface area (Å²) in [5, 5.41) is 1.06. The van der Waals surface area contributed by atoms with Crippen LogP contribution >= 0.6 is 15.9 Å². The SMILES string of the molecule is CC(C)(CBr)CCc1ccc2c(c1)CCO2. The van der Waals surface area contributed by atoms with Crippen molar-refractivity contribution >= 4 is 15.9 Å². The van der Waals surface area contributed by atoms with Crippen LogP contribution in [0.25, 0.3) is 0 Å². The Bertz CT molecular complexity index is 371. The molecule has 0 saturated carbocycles. The Labute approximate surface area is 106 Å². The Kier molecular flexibility index (Phi) is 3.58. The third-order valence-corrected chi connectivity index (χ3v) is 4.72. The molecular formula is C14H19BrO. The van der Waals surface area contributed by atoms with Gasteiger partial charge in [0.15, 0.2) is 0 Å².